The Balaban J connectivity index is 1.67. The van der Waals surface area contributed by atoms with E-state index in [1.807, 2.05) is 18.2 Å². The summed E-state index contributed by atoms with van der Waals surface area (Å²) in [4.78, 5) is 37.5. The number of fused-ring (bicyclic) bond motifs is 1. The van der Waals surface area contributed by atoms with E-state index in [0.29, 0.717) is 25.1 Å². The van der Waals surface area contributed by atoms with Crippen molar-refractivity contribution in [1.82, 2.24) is 15.5 Å². The van der Waals surface area contributed by atoms with Crippen molar-refractivity contribution in [3.8, 4) is 0 Å². The third-order valence-electron chi connectivity index (χ3n) is 4.85. The van der Waals surface area contributed by atoms with Crippen LogP contribution in [0.5, 0.6) is 0 Å². The van der Waals surface area contributed by atoms with Gasteiger partial charge in [-0.05, 0) is 30.0 Å². The molecule has 25 heavy (non-hydrogen) atoms. The minimum Gasteiger partial charge on any atom is -0.327 e. The third kappa shape index (κ3) is 3.72. The molecule has 0 aromatic heterocycles. The molecule has 1 unspecified atom stereocenters. The summed E-state index contributed by atoms with van der Waals surface area (Å²) in [6.45, 7) is 3.89. The Morgan fingerprint density at radius 3 is 2.88 bits per heavy atom. The molecular weight excluding hydrogens is 320 g/mol. The van der Waals surface area contributed by atoms with E-state index >= 15 is 0 Å². The first-order valence-electron chi connectivity index (χ1n) is 8.72. The van der Waals surface area contributed by atoms with Crippen LogP contribution in [0.2, 0.25) is 0 Å². The fourth-order valence-electron chi connectivity index (χ4n) is 3.28. The van der Waals surface area contributed by atoms with E-state index < -0.39 is 6.04 Å². The first kappa shape index (κ1) is 17.6. The van der Waals surface area contributed by atoms with Crippen LogP contribution >= 0.6 is 0 Å². The second kappa shape index (κ2) is 7.33. The van der Waals surface area contributed by atoms with Gasteiger partial charge in [-0.25, -0.2) is 0 Å². The number of imide groups is 1. The highest BCUT2D eigenvalue weighted by Crippen LogP contribution is 2.28. The van der Waals surface area contributed by atoms with Gasteiger partial charge in [0.05, 0.1) is 0 Å². The van der Waals surface area contributed by atoms with Crippen LogP contribution in [-0.4, -0.2) is 41.2 Å². The molecule has 0 aliphatic carbocycles. The van der Waals surface area contributed by atoms with Gasteiger partial charge >= 0.3 is 0 Å². The summed E-state index contributed by atoms with van der Waals surface area (Å²) in [5.41, 5.74) is 8.54. The molecule has 1 saturated heterocycles. The molecule has 7 heteroatoms. The molecule has 1 aromatic rings. The number of hydrogen-bond donors (Lipinski definition) is 3. The van der Waals surface area contributed by atoms with Gasteiger partial charge in [0.1, 0.15) is 6.04 Å². The SMILES string of the molecule is CC[C@@H](N)CNCc1ccc2c(c1)CN(C1CCC(=O)NC1=O)C2=O. The first-order chi connectivity index (χ1) is 12.0. The summed E-state index contributed by atoms with van der Waals surface area (Å²) in [6.07, 6.45) is 1.57. The van der Waals surface area contributed by atoms with Crippen molar-refractivity contribution < 1.29 is 14.4 Å². The van der Waals surface area contributed by atoms with Crippen molar-refractivity contribution in [2.24, 2.45) is 5.73 Å². The molecule has 2 aliphatic rings. The highest BCUT2D eigenvalue weighted by atomic mass is 16.2. The van der Waals surface area contributed by atoms with Gasteiger partial charge in [0.2, 0.25) is 11.8 Å². The molecule has 0 bridgehead atoms. The van der Waals surface area contributed by atoms with Crippen LogP contribution in [0, 0.1) is 0 Å². The number of nitrogens with two attached hydrogens (primary N) is 1. The summed E-state index contributed by atoms with van der Waals surface area (Å²) in [7, 11) is 0. The van der Waals surface area contributed by atoms with Crippen molar-refractivity contribution >= 4 is 17.7 Å². The number of piperidine rings is 1. The number of rotatable bonds is 6. The molecule has 3 amide bonds. The topological polar surface area (TPSA) is 105 Å². The van der Waals surface area contributed by atoms with Gasteiger partial charge in [0.25, 0.3) is 5.91 Å². The molecule has 3 rings (SSSR count). The van der Waals surface area contributed by atoms with Crippen LogP contribution in [0.3, 0.4) is 0 Å². The standard InChI is InChI=1S/C18H24N4O3/c1-2-13(19)9-20-8-11-3-4-14-12(7-11)10-22(18(14)25)15-5-6-16(23)21-17(15)24/h3-4,7,13,15,20H,2,5-6,8-10,19H2,1H3,(H,21,23,24)/t13-,15?/m1/s1. The zero-order valence-corrected chi connectivity index (χ0v) is 14.4. The lowest BCUT2D eigenvalue weighted by Gasteiger charge is -2.29. The predicted octanol–water partition coefficient (Wildman–Crippen LogP) is 0.275. The molecule has 7 nitrogen and oxygen atoms in total. The van der Waals surface area contributed by atoms with Crippen LogP contribution in [0.4, 0.5) is 0 Å². The number of carbonyl (C=O) groups is 3. The maximum atomic E-state index is 12.6. The largest absolute Gasteiger partial charge is 0.327 e. The lowest BCUT2D eigenvalue weighted by molar-refractivity contribution is -0.136. The number of hydrogen-bond acceptors (Lipinski definition) is 5. The Labute approximate surface area is 146 Å². The predicted molar refractivity (Wildman–Crippen MR) is 92.5 cm³/mol. The number of nitrogens with one attached hydrogen (secondary N) is 2. The van der Waals surface area contributed by atoms with E-state index in [4.69, 9.17) is 5.73 Å². The number of nitrogens with zero attached hydrogens (tertiary/aromatic N) is 1. The van der Waals surface area contributed by atoms with E-state index in [1.165, 1.54) is 0 Å². The van der Waals surface area contributed by atoms with Crippen LogP contribution in [0.25, 0.3) is 0 Å². The van der Waals surface area contributed by atoms with E-state index in [-0.39, 0.29) is 30.2 Å². The van der Waals surface area contributed by atoms with Crippen LogP contribution in [-0.2, 0) is 22.7 Å². The van der Waals surface area contributed by atoms with Crippen LogP contribution < -0.4 is 16.4 Å². The summed E-state index contributed by atoms with van der Waals surface area (Å²) in [5.74, 6) is -0.797. The quantitative estimate of drug-likeness (QED) is 0.643. The normalized spacial score (nSPS) is 21.3. The Bertz CT molecular complexity index is 704. The molecule has 0 saturated carbocycles. The number of carbonyl (C=O) groups excluding carboxylic acids is 3. The highest BCUT2D eigenvalue weighted by Gasteiger charge is 2.38. The first-order valence-corrected chi connectivity index (χ1v) is 8.72. The molecule has 2 aliphatic heterocycles. The van der Waals surface area contributed by atoms with E-state index in [2.05, 4.69) is 17.6 Å². The molecule has 4 N–H and O–H groups in total. The van der Waals surface area contributed by atoms with Crippen molar-refractivity contribution in [1.29, 1.82) is 0 Å². The molecule has 1 fully saturated rings. The minimum atomic E-state index is -0.568. The monoisotopic (exact) mass is 344 g/mol. The highest BCUT2D eigenvalue weighted by molar-refractivity contribution is 6.05. The molecule has 2 atom stereocenters. The van der Waals surface area contributed by atoms with Crippen LogP contribution in [0.1, 0.15) is 47.7 Å². The van der Waals surface area contributed by atoms with Gasteiger partial charge in [0.15, 0.2) is 0 Å². The van der Waals surface area contributed by atoms with Crippen molar-refractivity contribution in [3.05, 3.63) is 34.9 Å². The molecule has 2 heterocycles. The molecular formula is C18H24N4O3. The van der Waals surface area contributed by atoms with Gasteiger partial charge in [-0.1, -0.05) is 19.1 Å². The lowest BCUT2D eigenvalue weighted by atomic mass is 10.0. The number of benzene rings is 1. The Kier molecular flexibility index (Phi) is 5.15. The zero-order valence-electron chi connectivity index (χ0n) is 14.4. The van der Waals surface area contributed by atoms with E-state index in [9.17, 15) is 14.4 Å². The smallest absolute Gasteiger partial charge is 0.255 e. The Hall–Kier alpha value is -2.25. The van der Waals surface area contributed by atoms with E-state index in [0.717, 1.165) is 24.1 Å². The Morgan fingerprint density at radius 2 is 2.16 bits per heavy atom. The Morgan fingerprint density at radius 1 is 1.36 bits per heavy atom. The van der Waals surface area contributed by atoms with Gasteiger partial charge < -0.3 is 16.0 Å². The fraction of sp³-hybridized carbons (Fsp3) is 0.500. The zero-order chi connectivity index (χ0) is 18.0. The average molecular weight is 344 g/mol. The molecule has 1 aromatic carbocycles. The van der Waals surface area contributed by atoms with Crippen molar-refractivity contribution in [2.75, 3.05) is 6.54 Å². The third-order valence-corrected chi connectivity index (χ3v) is 4.85. The van der Waals surface area contributed by atoms with Gasteiger partial charge in [-0.15, -0.1) is 0 Å². The van der Waals surface area contributed by atoms with Crippen LogP contribution in [0.15, 0.2) is 18.2 Å². The fourth-order valence-corrected chi connectivity index (χ4v) is 3.28. The number of amides is 3. The maximum Gasteiger partial charge on any atom is 0.255 e. The summed E-state index contributed by atoms with van der Waals surface area (Å²) in [6, 6.07) is 5.32. The average Bonchev–Trinajstić information content (AvgIpc) is 2.91. The minimum absolute atomic E-state index is 0.138. The van der Waals surface area contributed by atoms with Gasteiger partial charge in [-0.3, -0.25) is 19.7 Å². The summed E-state index contributed by atoms with van der Waals surface area (Å²) < 4.78 is 0. The van der Waals surface area contributed by atoms with Crippen molar-refractivity contribution in [3.63, 3.8) is 0 Å². The second-order valence-corrected chi connectivity index (χ2v) is 6.69. The van der Waals surface area contributed by atoms with Crippen molar-refractivity contribution in [2.45, 2.75) is 51.4 Å². The second-order valence-electron chi connectivity index (χ2n) is 6.69. The van der Waals surface area contributed by atoms with E-state index in [1.54, 1.807) is 4.90 Å². The maximum absolute atomic E-state index is 12.6. The lowest BCUT2D eigenvalue weighted by Crippen LogP contribution is -2.52. The summed E-state index contributed by atoms with van der Waals surface area (Å²) >= 11 is 0. The molecule has 0 radical (unpaired) electrons. The molecule has 0 spiro atoms. The summed E-state index contributed by atoms with van der Waals surface area (Å²) in [5, 5.41) is 5.63. The van der Waals surface area contributed by atoms with Gasteiger partial charge in [0, 0.05) is 37.7 Å². The van der Waals surface area contributed by atoms with Gasteiger partial charge in [-0.2, -0.15) is 0 Å². The molecule has 134 valence electrons.